The van der Waals surface area contributed by atoms with Crippen molar-refractivity contribution in [2.24, 2.45) is 11.7 Å². The maximum Gasteiger partial charge on any atom is 0.225 e. The Morgan fingerprint density at radius 2 is 1.98 bits per heavy atom. The maximum absolute atomic E-state index is 14.9. The van der Waals surface area contributed by atoms with Gasteiger partial charge in [0, 0.05) is 31.1 Å². The van der Waals surface area contributed by atoms with Crippen LogP contribution in [-0.2, 0) is 14.8 Å². The van der Waals surface area contributed by atoms with Gasteiger partial charge in [0.15, 0.2) is 5.65 Å². The van der Waals surface area contributed by atoms with Gasteiger partial charge < -0.3 is 16.4 Å². The molecule has 40 heavy (non-hydrogen) atoms. The summed E-state index contributed by atoms with van der Waals surface area (Å²) in [5.41, 5.74) is 6.54. The van der Waals surface area contributed by atoms with Gasteiger partial charge in [-0.15, -0.1) is 0 Å². The molecule has 1 saturated heterocycles. The van der Waals surface area contributed by atoms with Crippen molar-refractivity contribution in [2.45, 2.75) is 50.6 Å². The number of sulfonamides is 1. The third-order valence-corrected chi connectivity index (χ3v) is 9.06. The van der Waals surface area contributed by atoms with E-state index >= 15 is 0 Å². The quantitative estimate of drug-likeness (QED) is 0.374. The molecule has 2 fully saturated rings. The van der Waals surface area contributed by atoms with Gasteiger partial charge in [-0.3, -0.25) is 9.36 Å². The fourth-order valence-corrected chi connectivity index (χ4v) is 6.59. The number of carbonyl (C=O) groups is 1. The van der Waals surface area contributed by atoms with E-state index in [1.165, 1.54) is 16.6 Å². The second-order valence-corrected chi connectivity index (χ2v) is 12.7. The number of anilines is 3. The molecule has 3 heterocycles. The molecule has 0 bridgehead atoms. The minimum atomic E-state index is -3.32. The average Bonchev–Trinajstić information content (AvgIpc) is 3.27. The largest absolute Gasteiger partial charge is 0.369 e. The third-order valence-electron chi connectivity index (χ3n) is 7.49. The predicted molar refractivity (Wildman–Crippen MR) is 148 cm³/mol. The number of benzene rings is 1. The second kappa shape index (κ2) is 11.1. The smallest absolute Gasteiger partial charge is 0.225 e. The van der Waals surface area contributed by atoms with Crippen molar-refractivity contribution < 1.29 is 17.6 Å². The van der Waals surface area contributed by atoms with Crippen LogP contribution in [0, 0.1) is 23.1 Å². The van der Waals surface area contributed by atoms with Gasteiger partial charge in [0.1, 0.15) is 11.3 Å². The van der Waals surface area contributed by atoms with Crippen LogP contribution in [0.1, 0.15) is 50.1 Å². The maximum atomic E-state index is 14.9. The first kappa shape index (κ1) is 28.0. The molecule has 212 valence electrons. The number of nitrogens with one attached hydrogen (secondary N) is 2. The van der Waals surface area contributed by atoms with Gasteiger partial charge in [0.05, 0.1) is 34.8 Å². The monoisotopic (exact) mass is 589 g/mol. The van der Waals surface area contributed by atoms with Crippen LogP contribution < -0.4 is 16.4 Å². The van der Waals surface area contributed by atoms with Crippen molar-refractivity contribution in [1.29, 1.82) is 5.26 Å². The predicted octanol–water partition coefficient (Wildman–Crippen LogP) is 3.29. The number of aromatic nitrogens is 4. The van der Waals surface area contributed by atoms with Crippen LogP contribution in [0.3, 0.4) is 0 Å². The van der Waals surface area contributed by atoms with Crippen LogP contribution in [0.25, 0.3) is 11.2 Å². The van der Waals surface area contributed by atoms with Crippen molar-refractivity contribution in [3.63, 3.8) is 0 Å². The summed E-state index contributed by atoms with van der Waals surface area (Å²) in [6.07, 6.45) is 6.63. The average molecular weight is 590 g/mol. The second-order valence-electron chi connectivity index (χ2n) is 10.3. The normalized spacial score (nSPS) is 22.1. The molecule has 2 aliphatic rings. The van der Waals surface area contributed by atoms with E-state index in [1.807, 2.05) is 10.6 Å². The Labute approximate surface area is 235 Å². The SMILES string of the molecule is CS(=O)(=O)N1CCCC(Nc2ncc3nc(Nc4c(F)cc(C#N)cc4Cl)n(C4CCC(C(N)=O)CC4)c3n2)C1. The molecule has 15 heteroatoms. The Hall–Kier alpha value is -3.54. The summed E-state index contributed by atoms with van der Waals surface area (Å²) in [7, 11) is -3.32. The Morgan fingerprint density at radius 3 is 2.62 bits per heavy atom. The molecule has 1 saturated carbocycles. The number of hydrogen-bond donors (Lipinski definition) is 3. The number of piperidine rings is 1. The van der Waals surface area contributed by atoms with Crippen LogP contribution in [0.4, 0.5) is 22.0 Å². The van der Waals surface area contributed by atoms with E-state index in [0.717, 1.165) is 12.5 Å². The molecule has 0 spiro atoms. The first-order valence-electron chi connectivity index (χ1n) is 13.0. The summed E-state index contributed by atoms with van der Waals surface area (Å²) in [6.45, 7) is 0.779. The molecule has 5 rings (SSSR count). The fraction of sp³-hybridized carbons (Fsp3) is 0.480. The number of hydrogen-bond acceptors (Lipinski definition) is 9. The van der Waals surface area contributed by atoms with E-state index in [2.05, 4.69) is 20.6 Å². The lowest BCUT2D eigenvalue weighted by Crippen LogP contribution is -2.44. The summed E-state index contributed by atoms with van der Waals surface area (Å²) < 4.78 is 42.3. The van der Waals surface area contributed by atoms with Gasteiger partial charge in [-0.05, 0) is 50.7 Å². The zero-order valence-corrected chi connectivity index (χ0v) is 23.3. The first-order valence-corrected chi connectivity index (χ1v) is 15.2. The lowest BCUT2D eigenvalue weighted by atomic mass is 9.85. The summed E-state index contributed by atoms with van der Waals surface area (Å²) in [5, 5.41) is 15.4. The number of nitrogens with two attached hydrogens (primary N) is 1. The summed E-state index contributed by atoms with van der Waals surface area (Å²) in [5.74, 6) is -0.655. The molecule has 4 N–H and O–H groups in total. The highest BCUT2D eigenvalue weighted by molar-refractivity contribution is 7.88. The van der Waals surface area contributed by atoms with Crippen LogP contribution in [0.15, 0.2) is 18.3 Å². The van der Waals surface area contributed by atoms with Gasteiger partial charge in [-0.25, -0.2) is 27.1 Å². The molecule has 1 atom stereocenters. The van der Waals surface area contributed by atoms with Crippen LogP contribution in [0.5, 0.6) is 0 Å². The molecule has 1 aliphatic heterocycles. The van der Waals surface area contributed by atoms with Crippen LogP contribution in [-0.4, -0.2) is 63.5 Å². The molecule has 2 aromatic heterocycles. The van der Waals surface area contributed by atoms with Gasteiger partial charge in [0.25, 0.3) is 0 Å². The van der Waals surface area contributed by atoms with E-state index in [4.69, 9.17) is 27.6 Å². The highest BCUT2D eigenvalue weighted by atomic mass is 35.5. The number of fused-ring (bicyclic) bond motifs is 1. The molecule has 1 amide bonds. The zero-order chi connectivity index (χ0) is 28.6. The molecule has 3 aromatic rings. The first-order chi connectivity index (χ1) is 19.0. The van der Waals surface area contributed by atoms with E-state index < -0.39 is 15.8 Å². The minimum absolute atomic E-state index is 0.0220. The molecular weight excluding hydrogens is 561 g/mol. The third kappa shape index (κ3) is 5.81. The number of rotatable bonds is 7. The number of nitriles is 1. The lowest BCUT2D eigenvalue weighted by molar-refractivity contribution is -0.122. The van der Waals surface area contributed by atoms with Gasteiger partial charge in [-0.1, -0.05) is 11.6 Å². The highest BCUT2D eigenvalue weighted by Crippen LogP contribution is 2.38. The van der Waals surface area contributed by atoms with Crippen molar-refractivity contribution >= 4 is 56.3 Å². The number of carbonyl (C=O) groups excluding carboxylic acids is 1. The molecule has 1 unspecified atom stereocenters. The Kier molecular flexibility index (Phi) is 7.80. The van der Waals surface area contributed by atoms with Crippen molar-refractivity contribution in [1.82, 2.24) is 23.8 Å². The summed E-state index contributed by atoms with van der Waals surface area (Å²) >= 11 is 6.30. The Balaban J connectivity index is 1.50. The number of nitrogens with zero attached hydrogens (tertiary/aromatic N) is 6. The zero-order valence-electron chi connectivity index (χ0n) is 21.8. The van der Waals surface area contributed by atoms with Gasteiger partial charge in [-0.2, -0.15) is 10.2 Å². The van der Waals surface area contributed by atoms with Gasteiger partial charge >= 0.3 is 0 Å². The molecule has 1 aliphatic carbocycles. The van der Waals surface area contributed by atoms with E-state index in [1.54, 1.807) is 6.20 Å². The fourth-order valence-electron chi connectivity index (χ4n) is 5.43. The molecule has 0 radical (unpaired) electrons. The lowest BCUT2D eigenvalue weighted by Gasteiger charge is -2.31. The summed E-state index contributed by atoms with van der Waals surface area (Å²) in [4.78, 5) is 25.5. The van der Waals surface area contributed by atoms with Crippen LogP contribution in [0.2, 0.25) is 5.02 Å². The minimum Gasteiger partial charge on any atom is -0.369 e. The molecular formula is C25H29ClFN9O3S. The van der Waals surface area contributed by atoms with E-state index in [9.17, 15) is 17.6 Å². The van der Waals surface area contributed by atoms with Crippen LogP contribution >= 0.6 is 11.6 Å². The molecule has 1 aromatic carbocycles. The molecule has 12 nitrogen and oxygen atoms in total. The van der Waals surface area contributed by atoms with Crippen molar-refractivity contribution in [3.8, 4) is 6.07 Å². The number of amides is 1. The Bertz CT molecular complexity index is 1580. The van der Waals surface area contributed by atoms with E-state index in [-0.39, 0.29) is 46.1 Å². The number of primary amides is 1. The Morgan fingerprint density at radius 1 is 1.23 bits per heavy atom. The van der Waals surface area contributed by atoms with Crippen molar-refractivity contribution in [3.05, 3.63) is 34.7 Å². The van der Waals surface area contributed by atoms with Crippen molar-refractivity contribution in [2.75, 3.05) is 30.0 Å². The van der Waals surface area contributed by atoms with Gasteiger partial charge in [0.2, 0.25) is 27.8 Å². The topological polar surface area (TPSA) is 172 Å². The number of halogens is 2. The van der Waals surface area contributed by atoms with E-state index in [0.29, 0.717) is 62.3 Å². The summed E-state index contributed by atoms with van der Waals surface area (Å²) in [6, 6.07) is 4.03. The standard InChI is InChI=1S/C25H29ClFN9O3S/c1-40(38,39)35-8-2-3-16(13-35)31-24-30-12-20-23(34-24)36(17-6-4-15(5-7-17)22(29)37)25(32-20)33-21-18(26)9-14(11-28)10-19(21)27/h9-10,12,15-17H,2-8,13H2,1H3,(H2,29,37)(H,32,33)(H,30,31,34). The number of imidazole rings is 1. The highest BCUT2D eigenvalue weighted by Gasteiger charge is 2.30.